The molecule has 7 nitrogen and oxygen atoms in total. The molecule has 0 radical (unpaired) electrons. The van der Waals surface area contributed by atoms with Crippen molar-refractivity contribution in [2.75, 3.05) is 20.6 Å². The van der Waals surface area contributed by atoms with Crippen molar-refractivity contribution >= 4 is 35.9 Å². The summed E-state index contributed by atoms with van der Waals surface area (Å²) in [5, 5.41) is 7.57. The fraction of sp³-hybridized carbons (Fsp3) is 0.737. The lowest BCUT2D eigenvalue weighted by Crippen LogP contribution is -2.38. The minimum Gasteiger partial charge on any atom is -0.460 e. The summed E-state index contributed by atoms with van der Waals surface area (Å²) in [6.07, 6.45) is 8.42. The molecule has 0 spiro atoms. The second-order valence-electron chi connectivity index (χ2n) is 7.60. The molecule has 1 aromatic heterocycles. The molecule has 0 saturated carbocycles. The summed E-state index contributed by atoms with van der Waals surface area (Å²) in [6, 6.07) is 0. The molecule has 1 aromatic rings. The Morgan fingerprint density at radius 1 is 1.30 bits per heavy atom. The first kappa shape index (κ1) is 25.7. The van der Waals surface area contributed by atoms with Crippen LogP contribution in [0.4, 0.5) is 0 Å². The van der Waals surface area contributed by atoms with Gasteiger partial charge in [-0.05, 0) is 33.6 Å². The summed E-state index contributed by atoms with van der Waals surface area (Å²) in [4.78, 5) is 18.0. The molecule has 156 valence electrons. The molecule has 0 aromatic carbocycles. The predicted molar refractivity (Wildman–Crippen MR) is 120 cm³/mol. The van der Waals surface area contributed by atoms with Crippen LogP contribution in [-0.4, -0.2) is 52.9 Å². The molecule has 8 heteroatoms. The second kappa shape index (κ2) is 13.0. The van der Waals surface area contributed by atoms with Crippen LogP contribution in [0.15, 0.2) is 17.4 Å². The fourth-order valence-corrected chi connectivity index (χ4v) is 2.63. The van der Waals surface area contributed by atoms with E-state index in [1.807, 2.05) is 47.3 Å². The third-order valence-electron chi connectivity index (χ3n) is 3.76. The third kappa shape index (κ3) is 11.9. The van der Waals surface area contributed by atoms with E-state index in [1.165, 1.54) is 0 Å². The molecule has 0 unspecified atom stereocenters. The van der Waals surface area contributed by atoms with E-state index >= 15 is 0 Å². The Hall–Kier alpha value is -1.32. The molecule has 0 saturated heterocycles. The SMILES string of the molecule is CN=C(NCCCCCCC(=O)OC(C)(C)C)N(C)Cc1cnn(C)c1.I. The van der Waals surface area contributed by atoms with Gasteiger partial charge in [0.25, 0.3) is 0 Å². The van der Waals surface area contributed by atoms with Gasteiger partial charge in [-0.2, -0.15) is 5.10 Å². The number of nitrogens with one attached hydrogen (secondary N) is 1. The Labute approximate surface area is 181 Å². The molecule has 1 heterocycles. The number of nitrogens with zero attached hydrogens (tertiary/aromatic N) is 4. The van der Waals surface area contributed by atoms with Crippen molar-refractivity contribution in [1.82, 2.24) is 20.0 Å². The highest BCUT2D eigenvalue weighted by atomic mass is 127. The van der Waals surface area contributed by atoms with Gasteiger partial charge in [0.1, 0.15) is 5.60 Å². The zero-order valence-corrected chi connectivity index (χ0v) is 19.9. The number of hydrogen-bond donors (Lipinski definition) is 1. The summed E-state index contributed by atoms with van der Waals surface area (Å²) in [5.74, 6) is 0.774. The van der Waals surface area contributed by atoms with Crippen LogP contribution in [0.25, 0.3) is 0 Å². The molecule has 27 heavy (non-hydrogen) atoms. The largest absolute Gasteiger partial charge is 0.460 e. The van der Waals surface area contributed by atoms with Crippen LogP contribution in [0, 0.1) is 0 Å². The number of rotatable bonds is 9. The van der Waals surface area contributed by atoms with Crippen molar-refractivity contribution in [3.05, 3.63) is 18.0 Å². The van der Waals surface area contributed by atoms with Gasteiger partial charge in [0.05, 0.1) is 6.20 Å². The number of aromatic nitrogens is 2. The van der Waals surface area contributed by atoms with E-state index in [2.05, 4.69) is 20.3 Å². The predicted octanol–water partition coefficient (Wildman–Crippen LogP) is 3.34. The number of carbonyl (C=O) groups is 1. The quantitative estimate of drug-likeness (QED) is 0.188. The highest BCUT2D eigenvalue weighted by molar-refractivity contribution is 14.0. The highest BCUT2D eigenvalue weighted by Gasteiger charge is 2.15. The smallest absolute Gasteiger partial charge is 0.306 e. The first-order valence-corrected chi connectivity index (χ1v) is 9.32. The van der Waals surface area contributed by atoms with Crippen molar-refractivity contribution in [1.29, 1.82) is 0 Å². The number of ether oxygens (including phenoxy) is 1. The van der Waals surface area contributed by atoms with Gasteiger partial charge in [0.15, 0.2) is 5.96 Å². The maximum Gasteiger partial charge on any atom is 0.306 e. The number of halogens is 1. The number of unbranched alkanes of at least 4 members (excludes halogenated alkanes) is 3. The van der Waals surface area contributed by atoms with E-state index in [4.69, 9.17) is 4.74 Å². The summed E-state index contributed by atoms with van der Waals surface area (Å²) >= 11 is 0. The molecule has 0 amide bonds. The van der Waals surface area contributed by atoms with Gasteiger partial charge in [-0.1, -0.05) is 12.8 Å². The molecular formula is C19H36IN5O2. The van der Waals surface area contributed by atoms with Crippen LogP contribution >= 0.6 is 24.0 Å². The fourth-order valence-electron chi connectivity index (χ4n) is 2.63. The van der Waals surface area contributed by atoms with Crippen LogP contribution in [0.2, 0.25) is 0 Å². The lowest BCUT2D eigenvalue weighted by Gasteiger charge is -2.21. The molecular weight excluding hydrogens is 457 g/mol. The van der Waals surface area contributed by atoms with Gasteiger partial charge < -0.3 is 15.0 Å². The van der Waals surface area contributed by atoms with Gasteiger partial charge in [-0.25, -0.2) is 0 Å². The van der Waals surface area contributed by atoms with Crippen molar-refractivity contribution in [2.24, 2.45) is 12.0 Å². The zero-order valence-electron chi connectivity index (χ0n) is 17.6. The first-order valence-electron chi connectivity index (χ1n) is 9.32. The van der Waals surface area contributed by atoms with E-state index in [-0.39, 0.29) is 29.9 Å². The average Bonchev–Trinajstić information content (AvgIpc) is 2.93. The Kier molecular flexibility index (Phi) is 12.3. The van der Waals surface area contributed by atoms with Crippen molar-refractivity contribution in [2.45, 2.75) is 65.0 Å². The Bertz CT molecular complexity index is 581. The van der Waals surface area contributed by atoms with Crippen LogP contribution in [0.5, 0.6) is 0 Å². The Morgan fingerprint density at radius 2 is 1.96 bits per heavy atom. The van der Waals surface area contributed by atoms with E-state index in [0.29, 0.717) is 6.42 Å². The minimum atomic E-state index is -0.390. The van der Waals surface area contributed by atoms with Crippen molar-refractivity contribution in [3.8, 4) is 0 Å². The molecule has 1 N–H and O–H groups in total. The number of carbonyl (C=O) groups excluding carboxylic acids is 1. The van der Waals surface area contributed by atoms with Crippen LogP contribution in [0.3, 0.4) is 0 Å². The molecule has 0 aliphatic heterocycles. The number of guanidine groups is 1. The Morgan fingerprint density at radius 3 is 2.52 bits per heavy atom. The number of aryl methyl sites for hydroxylation is 1. The molecule has 0 aliphatic rings. The van der Waals surface area contributed by atoms with Gasteiger partial charge in [-0.15, -0.1) is 24.0 Å². The Balaban J connectivity index is 0.00000676. The van der Waals surface area contributed by atoms with Crippen molar-refractivity contribution in [3.63, 3.8) is 0 Å². The molecule has 0 fully saturated rings. The van der Waals surface area contributed by atoms with E-state index in [1.54, 1.807) is 11.7 Å². The molecule has 1 rings (SSSR count). The van der Waals surface area contributed by atoms with Gasteiger partial charge in [0, 0.05) is 52.4 Å². The molecule has 0 aliphatic carbocycles. The average molecular weight is 493 g/mol. The lowest BCUT2D eigenvalue weighted by atomic mass is 10.1. The summed E-state index contributed by atoms with van der Waals surface area (Å²) in [7, 11) is 5.73. The topological polar surface area (TPSA) is 71.8 Å². The van der Waals surface area contributed by atoms with E-state index < -0.39 is 5.60 Å². The zero-order chi connectivity index (χ0) is 19.6. The molecule has 0 bridgehead atoms. The van der Waals surface area contributed by atoms with Gasteiger partial charge in [-0.3, -0.25) is 14.5 Å². The maximum absolute atomic E-state index is 11.6. The van der Waals surface area contributed by atoms with Crippen LogP contribution in [-0.2, 0) is 23.1 Å². The summed E-state index contributed by atoms with van der Waals surface area (Å²) in [6.45, 7) is 7.33. The third-order valence-corrected chi connectivity index (χ3v) is 3.76. The minimum absolute atomic E-state index is 0. The summed E-state index contributed by atoms with van der Waals surface area (Å²) in [5.41, 5.74) is 0.763. The van der Waals surface area contributed by atoms with Gasteiger partial charge >= 0.3 is 5.97 Å². The van der Waals surface area contributed by atoms with Crippen molar-refractivity contribution < 1.29 is 9.53 Å². The number of aliphatic imine (C=N–C) groups is 1. The van der Waals surface area contributed by atoms with Gasteiger partial charge in [0.2, 0.25) is 0 Å². The number of esters is 1. The first-order chi connectivity index (χ1) is 12.2. The monoisotopic (exact) mass is 493 g/mol. The second-order valence-corrected chi connectivity index (χ2v) is 7.60. The number of hydrogen-bond acceptors (Lipinski definition) is 4. The summed E-state index contributed by atoms with van der Waals surface area (Å²) < 4.78 is 7.11. The van der Waals surface area contributed by atoms with E-state index in [0.717, 1.165) is 50.3 Å². The molecule has 0 atom stereocenters. The normalized spacial score (nSPS) is 11.7. The van der Waals surface area contributed by atoms with E-state index in [9.17, 15) is 4.79 Å². The standard InChI is InChI=1S/C19H35N5O2.HI/c1-19(2,3)26-17(25)11-9-7-8-10-12-21-18(20-4)23(5)14-16-13-22-24(6)15-16;/h13,15H,7-12,14H2,1-6H3,(H,20,21);1H. The lowest BCUT2D eigenvalue weighted by molar-refractivity contribution is -0.154. The van der Waals surface area contributed by atoms with Crippen LogP contribution in [0.1, 0.15) is 58.4 Å². The highest BCUT2D eigenvalue weighted by Crippen LogP contribution is 2.11. The maximum atomic E-state index is 11.6. The van der Waals surface area contributed by atoms with Crippen LogP contribution < -0.4 is 5.32 Å².